The van der Waals surface area contributed by atoms with E-state index < -0.39 is 10.2 Å². The molecule has 9 nitrogen and oxygen atoms in total. The molecule has 3 aliphatic heterocycles. The zero-order valence-corrected chi connectivity index (χ0v) is 18.9. The number of rotatable bonds is 6. The summed E-state index contributed by atoms with van der Waals surface area (Å²) in [7, 11) is -1.79. The summed E-state index contributed by atoms with van der Waals surface area (Å²) in [5.41, 5.74) is 0.327. The average Bonchev–Trinajstić information content (AvgIpc) is 3.49. The molecule has 0 spiro atoms. The van der Waals surface area contributed by atoms with Crippen LogP contribution in [0.15, 0.2) is 10.6 Å². The number of nitrogens with one attached hydrogen (secondary N) is 2. The lowest BCUT2D eigenvalue weighted by Gasteiger charge is -2.49. The number of fused-ring (bicyclic) bond motifs is 2. The second-order valence-electron chi connectivity index (χ2n) is 9.60. The minimum Gasteiger partial charge on any atom is -0.360 e. The van der Waals surface area contributed by atoms with Crippen molar-refractivity contribution in [3.05, 3.63) is 17.5 Å². The Morgan fingerprint density at radius 1 is 1.16 bits per heavy atom. The first-order valence-electron chi connectivity index (χ1n) is 11.7. The number of carbonyl (C=O) groups is 1. The number of piperidine rings is 3. The van der Waals surface area contributed by atoms with Crippen molar-refractivity contribution in [3.63, 3.8) is 0 Å². The second kappa shape index (κ2) is 8.46. The Kier molecular flexibility index (Phi) is 5.83. The molecule has 1 aliphatic carbocycles. The molecule has 4 aliphatic rings. The molecule has 2 bridgehead atoms. The lowest BCUT2D eigenvalue weighted by atomic mass is 9.84. The molecule has 1 saturated carbocycles. The van der Waals surface area contributed by atoms with E-state index >= 15 is 0 Å². The van der Waals surface area contributed by atoms with Gasteiger partial charge in [-0.1, -0.05) is 11.6 Å². The summed E-state index contributed by atoms with van der Waals surface area (Å²) in [4.78, 5) is 12.7. The molecule has 0 radical (unpaired) electrons. The number of amides is 1. The Labute approximate surface area is 184 Å². The van der Waals surface area contributed by atoms with Crippen molar-refractivity contribution in [2.75, 3.05) is 20.1 Å². The largest absolute Gasteiger partial charge is 0.360 e. The Morgan fingerprint density at radius 3 is 2.48 bits per heavy atom. The van der Waals surface area contributed by atoms with Gasteiger partial charge in [-0.2, -0.15) is 17.0 Å². The van der Waals surface area contributed by atoms with E-state index in [1.54, 1.807) is 21.7 Å². The fraction of sp³-hybridized carbons (Fsp3) is 0.810. The summed E-state index contributed by atoms with van der Waals surface area (Å²) >= 11 is 0. The molecule has 172 valence electrons. The van der Waals surface area contributed by atoms with Crippen LogP contribution in [-0.4, -0.2) is 72.4 Å². The molecular formula is C21H33N5O4S. The van der Waals surface area contributed by atoms with Crippen molar-refractivity contribution in [1.29, 1.82) is 0 Å². The molecule has 0 aromatic carbocycles. The van der Waals surface area contributed by atoms with Crippen LogP contribution in [0, 0.1) is 0 Å². The highest BCUT2D eigenvalue weighted by molar-refractivity contribution is 7.86. The van der Waals surface area contributed by atoms with Crippen LogP contribution in [0.25, 0.3) is 0 Å². The smallest absolute Gasteiger partial charge is 0.282 e. The molecule has 1 amide bonds. The zero-order chi connectivity index (χ0) is 21.6. The SMILES string of the molecule is CN(C1CCNCC1)S(=O)(=O)N1[C@@H]2CCC[C@H]1C[C@@H](NC(=O)c1cc(C3CC3)on1)C2. The predicted octanol–water partition coefficient (Wildman–Crippen LogP) is 1.60. The number of aromatic nitrogens is 1. The third-order valence-corrected chi connectivity index (χ3v) is 9.59. The quantitative estimate of drug-likeness (QED) is 0.680. The number of nitrogens with zero attached hydrogens (tertiary/aromatic N) is 3. The third-order valence-electron chi connectivity index (χ3n) is 7.44. The maximum absolute atomic E-state index is 13.5. The van der Waals surface area contributed by atoms with Gasteiger partial charge in [0.25, 0.3) is 16.1 Å². The van der Waals surface area contributed by atoms with Gasteiger partial charge < -0.3 is 15.2 Å². The van der Waals surface area contributed by atoms with Crippen molar-refractivity contribution in [3.8, 4) is 0 Å². The maximum Gasteiger partial charge on any atom is 0.282 e. The van der Waals surface area contributed by atoms with Gasteiger partial charge in [0, 0.05) is 43.2 Å². The highest BCUT2D eigenvalue weighted by Crippen LogP contribution is 2.40. The van der Waals surface area contributed by atoms with E-state index in [0.29, 0.717) is 24.5 Å². The van der Waals surface area contributed by atoms with Crippen molar-refractivity contribution in [2.24, 2.45) is 0 Å². The standard InChI is InChI=1S/C21H33N5O4S/c1-25(16-7-9-22-10-8-16)31(28,29)26-17-3-2-4-18(26)12-15(11-17)23-21(27)19-13-20(30-24-19)14-5-6-14/h13-18,22H,2-12H2,1H3,(H,23,27)/t15-,17+,18-. The molecule has 2 N–H and O–H groups in total. The molecule has 31 heavy (non-hydrogen) atoms. The van der Waals surface area contributed by atoms with Gasteiger partial charge in [-0.15, -0.1) is 0 Å². The number of hydrogen-bond donors (Lipinski definition) is 2. The first-order valence-corrected chi connectivity index (χ1v) is 13.1. The van der Waals surface area contributed by atoms with Crippen LogP contribution in [0.1, 0.15) is 80.0 Å². The van der Waals surface area contributed by atoms with Gasteiger partial charge in [-0.3, -0.25) is 4.79 Å². The van der Waals surface area contributed by atoms with Gasteiger partial charge in [-0.25, -0.2) is 0 Å². The van der Waals surface area contributed by atoms with Gasteiger partial charge in [-0.05, 0) is 64.5 Å². The molecule has 4 heterocycles. The Balaban J connectivity index is 1.26. The van der Waals surface area contributed by atoms with Crippen LogP contribution in [0.2, 0.25) is 0 Å². The van der Waals surface area contributed by atoms with Crippen molar-refractivity contribution in [1.82, 2.24) is 24.4 Å². The van der Waals surface area contributed by atoms with Crippen LogP contribution in [0.3, 0.4) is 0 Å². The first-order chi connectivity index (χ1) is 14.9. The van der Waals surface area contributed by atoms with Crippen LogP contribution in [0.5, 0.6) is 0 Å². The normalized spacial score (nSPS) is 30.5. The number of carbonyl (C=O) groups excluding carboxylic acids is 1. The average molecular weight is 452 g/mol. The molecule has 0 unspecified atom stereocenters. The molecule has 1 aromatic rings. The van der Waals surface area contributed by atoms with E-state index in [1.807, 2.05) is 0 Å². The molecule has 4 fully saturated rings. The van der Waals surface area contributed by atoms with Gasteiger partial charge >= 0.3 is 0 Å². The number of hydrogen-bond acceptors (Lipinski definition) is 6. The zero-order valence-electron chi connectivity index (χ0n) is 18.1. The molecule has 3 saturated heterocycles. The van der Waals surface area contributed by atoms with Gasteiger partial charge in [0.2, 0.25) is 0 Å². The molecule has 5 rings (SSSR count). The predicted molar refractivity (Wildman–Crippen MR) is 115 cm³/mol. The lowest BCUT2D eigenvalue weighted by Crippen LogP contribution is -2.62. The second-order valence-corrected chi connectivity index (χ2v) is 11.5. The highest BCUT2D eigenvalue weighted by atomic mass is 32.2. The van der Waals surface area contributed by atoms with E-state index in [0.717, 1.165) is 63.8 Å². The first kappa shape index (κ1) is 21.4. The fourth-order valence-electron chi connectivity index (χ4n) is 5.56. The van der Waals surface area contributed by atoms with Crippen molar-refractivity contribution < 1.29 is 17.7 Å². The van der Waals surface area contributed by atoms with E-state index in [-0.39, 0.29) is 30.1 Å². The molecule has 1 aromatic heterocycles. The monoisotopic (exact) mass is 451 g/mol. The summed E-state index contributed by atoms with van der Waals surface area (Å²) < 4.78 is 35.8. The highest BCUT2D eigenvalue weighted by Gasteiger charge is 2.47. The molecular weight excluding hydrogens is 418 g/mol. The van der Waals surface area contributed by atoms with Crippen molar-refractivity contribution in [2.45, 2.75) is 87.9 Å². The van der Waals surface area contributed by atoms with Crippen LogP contribution in [0.4, 0.5) is 0 Å². The lowest BCUT2D eigenvalue weighted by molar-refractivity contribution is 0.0756. The topological polar surface area (TPSA) is 108 Å². The summed E-state index contributed by atoms with van der Waals surface area (Å²) in [6.07, 6.45) is 7.90. The summed E-state index contributed by atoms with van der Waals surface area (Å²) in [5.74, 6) is 0.990. The van der Waals surface area contributed by atoms with E-state index in [9.17, 15) is 13.2 Å². The van der Waals surface area contributed by atoms with Crippen LogP contribution >= 0.6 is 0 Å². The minimum atomic E-state index is -3.53. The van der Waals surface area contributed by atoms with Gasteiger partial charge in [0.1, 0.15) is 5.76 Å². The summed E-state index contributed by atoms with van der Waals surface area (Å²) in [6.45, 7) is 1.71. The fourth-order valence-corrected chi connectivity index (χ4v) is 7.58. The van der Waals surface area contributed by atoms with Crippen molar-refractivity contribution >= 4 is 16.1 Å². The maximum atomic E-state index is 13.5. The van der Waals surface area contributed by atoms with E-state index in [1.165, 1.54) is 0 Å². The molecule has 3 atom stereocenters. The molecule has 10 heteroatoms. The van der Waals surface area contributed by atoms with Gasteiger partial charge in [0.05, 0.1) is 0 Å². The van der Waals surface area contributed by atoms with Gasteiger partial charge in [0.15, 0.2) is 5.69 Å². The van der Waals surface area contributed by atoms with Crippen LogP contribution < -0.4 is 10.6 Å². The summed E-state index contributed by atoms with van der Waals surface area (Å²) in [5, 5.41) is 10.3. The van der Waals surface area contributed by atoms with E-state index in [2.05, 4.69) is 15.8 Å². The van der Waals surface area contributed by atoms with E-state index in [4.69, 9.17) is 4.52 Å². The Bertz CT molecular complexity index is 895. The minimum absolute atomic E-state index is 0.0421. The van der Waals surface area contributed by atoms with Crippen LogP contribution in [-0.2, 0) is 10.2 Å². The summed E-state index contributed by atoms with van der Waals surface area (Å²) in [6, 6.07) is 1.64. The third kappa shape index (κ3) is 4.27. The Morgan fingerprint density at radius 2 is 1.84 bits per heavy atom. The Hall–Kier alpha value is -1.49.